The molecule has 0 aromatic heterocycles. The Hall–Kier alpha value is -2.55. The zero-order chi connectivity index (χ0) is 11.3. The van der Waals surface area contributed by atoms with E-state index in [4.69, 9.17) is 5.11 Å². The summed E-state index contributed by atoms with van der Waals surface area (Å²) < 4.78 is 0. The lowest BCUT2D eigenvalue weighted by molar-refractivity contribution is 0.0698. The summed E-state index contributed by atoms with van der Waals surface area (Å²) in [7, 11) is 0. The van der Waals surface area contributed by atoms with Gasteiger partial charge in [0.1, 0.15) is 0 Å². The quantitative estimate of drug-likeness (QED) is 0.593. The molecule has 1 N–H and O–H groups in total. The van der Waals surface area contributed by atoms with Crippen LogP contribution in [0.25, 0.3) is 0 Å². The van der Waals surface area contributed by atoms with Crippen LogP contribution in [-0.2, 0) is 9.59 Å². The highest BCUT2D eigenvalue weighted by molar-refractivity contribution is 5.94. The van der Waals surface area contributed by atoms with Crippen LogP contribution in [0, 0.1) is 0 Å². The molecule has 6 nitrogen and oxygen atoms in total. The minimum absolute atomic E-state index is 0.103. The molecule has 0 heterocycles. The molecule has 0 aliphatic carbocycles. The molecule has 15 heavy (non-hydrogen) atoms. The molecule has 0 atom stereocenters. The van der Waals surface area contributed by atoms with E-state index in [9.17, 15) is 14.4 Å². The van der Waals surface area contributed by atoms with Crippen molar-refractivity contribution in [3.63, 3.8) is 0 Å². The number of carbonyl (C=O) groups is 1. The lowest BCUT2D eigenvalue weighted by Crippen LogP contribution is -1.95. The fourth-order valence-electron chi connectivity index (χ4n) is 0.965. The number of carbonyl (C=O) groups excluding carboxylic acids is 2. The minimum atomic E-state index is -1.23. The molecule has 0 aliphatic rings. The Kier molecular flexibility index (Phi) is 3.24. The Morgan fingerprint density at radius 2 is 1.87 bits per heavy atom. The maximum absolute atomic E-state index is 10.7. The summed E-state index contributed by atoms with van der Waals surface area (Å²) in [5.41, 5.74) is -0.0961. The molecule has 0 saturated heterocycles. The van der Waals surface area contributed by atoms with Crippen LogP contribution in [0.4, 0.5) is 11.4 Å². The Morgan fingerprint density at radius 3 is 2.40 bits per heavy atom. The highest BCUT2D eigenvalue weighted by Crippen LogP contribution is 2.24. The van der Waals surface area contributed by atoms with Gasteiger partial charge in [-0.3, -0.25) is 0 Å². The molecule has 1 rings (SSSR count). The van der Waals surface area contributed by atoms with E-state index in [-0.39, 0.29) is 16.9 Å². The third-order valence-corrected chi connectivity index (χ3v) is 1.55. The second-order valence-electron chi connectivity index (χ2n) is 2.41. The van der Waals surface area contributed by atoms with Crippen molar-refractivity contribution in [2.45, 2.75) is 0 Å². The summed E-state index contributed by atoms with van der Waals surface area (Å²) >= 11 is 0. The summed E-state index contributed by atoms with van der Waals surface area (Å²) in [5.74, 6) is -1.23. The van der Waals surface area contributed by atoms with Gasteiger partial charge in [0.15, 0.2) is 0 Å². The third kappa shape index (κ3) is 2.45. The van der Waals surface area contributed by atoms with Gasteiger partial charge in [-0.25, -0.2) is 14.4 Å². The zero-order valence-corrected chi connectivity index (χ0v) is 7.30. The smallest absolute Gasteiger partial charge is 0.337 e. The van der Waals surface area contributed by atoms with Crippen molar-refractivity contribution in [3.05, 3.63) is 23.8 Å². The second-order valence-corrected chi connectivity index (χ2v) is 2.41. The van der Waals surface area contributed by atoms with E-state index in [2.05, 4.69) is 9.98 Å². The normalized spacial score (nSPS) is 8.53. The summed E-state index contributed by atoms with van der Waals surface area (Å²) in [6.45, 7) is 0. The SMILES string of the molecule is O=C=Nc1ccc(C(=O)O)c(N=C=O)c1. The molecule has 74 valence electrons. The van der Waals surface area contributed by atoms with E-state index in [1.807, 2.05) is 0 Å². The van der Waals surface area contributed by atoms with Crippen molar-refractivity contribution in [2.75, 3.05) is 0 Å². The van der Waals surface area contributed by atoms with Gasteiger partial charge in [0.05, 0.1) is 16.9 Å². The van der Waals surface area contributed by atoms with Crippen LogP contribution in [0.15, 0.2) is 28.2 Å². The summed E-state index contributed by atoms with van der Waals surface area (Å²) in [5, 5.41) is 8.72. The van der Waals surface area contributed by atoms with E-state index in [0.717, 1.165) is 0 Å². The van der Waals surface area contributed by atoms with Crippen LogP contribution in [0.5, 0.6) is 0 Å². The molecule has 0 spiro atoms. The monoisotopic (exact) mass is 204 g/mol. The van der Waals surface area contributed by atoms with Gasteiger partial charge in [-0.05, 0) is 18.2 Å². The first kappa shape index (κ1) is 10.5. The zero-order valence-electron chi connectivity index (χ0n) is 7.30. The molecule has 0 aliphatic heterocycles. The summed E-state index contributed by atoms with van der Waals surface area (Å²) in [6.07, 6.45) is 2.51. The van der Waals surface area contributed by atoms with Crippen molar-refractivity contribution in [3.8, 4) is 0 Å². The molecule has 0 radical (unpaired) electrons. The predicted molar refractivity (Wildman–Crippen MR) is 49.0 cm³/mol. The fraction of sp³-hybridized carbons (Fsp3) is 0. The third-order valence-electron chi connectivity index (χ3n) is 1.55. The Labute approximate surface area is 83.6 Å². The molecular weight excluding hydrogens is 200 g/mol. The van der Waals surface area contributed by atoms with Crippen LogP contribution >= 0.6 is 0 Å². The molecule has 0 unspecified atom stereocenters. The van der Waals surface area contributed by atoms with Crippen LogP contribution in [0.2, 0.25) is 0 Å². The van der Waals surface area contributed by atoms with Crippen molar-refractivity contribution in [2.24, 2.45) is 9.98 Å². The van der Waals surface area contributed by atoms with Gasteiger partial charge >= 0.3 is 5.97 Å². The van der Waals surface area contributed by atoms with Gasteiger partial charge in [0.2, 0.25) is 12.2 Å². The number of benzene rings is 1. The number of carboxylic acids is 1. The predicted octanol–water partition coefficient (Wildman–Crippen LogP) is 1.32. The maximum Gasteiger partial charge on any atom is 0.337 e. The standard InChI is InChI=1S/C9H4N2O4/c12-4-10-6-1-2-7(9(14)15)8(3-6)11-5-13/h1-3H,(H,14,15). The summed E-state index contributed by atoms with van der Waals surface area (Å²) in [6, 6.07) is 3.67. The second kappa shape index (κ2) is 4.62. The van der Waals surface area contributed by atoms with Crippen molar-refractivity contribution < 1.29 is 19.5 Å². The van der Waals surface area contributed by atoms with Crippen LogP contribution in [0.3, 0.4) is 0 Å². The number of rotatable bonds is 3. The number of isocyanates is 2. The fourth-order valence-corrected chi connectivity index (χ4v) is 0.965. The Bertz CT molecular complexity index is 497. The van der Waals surface area contributed by atoms with Crippen molar-refractivity contribution >= 4 is 29.5 Å². The lowest BCUT2D eigenvalue weighted by atomic mass is 10.1. The first-order valence-corrected chi connectivity index (χ1v) is 3.72. The van der Waals surface area contributed by atoms with Gasteiger partial charge in [0.25, 0.3) is 0 Å². The topological polar surface area (TPSA) is 96.2 Å². The number of aromatic carboxylic acids is 1. The van der Waals surface area contributed by atoms with Crippen LogP contribution in [-0.4, -0.2) is 23.2 Å². The molecule has 0 saturated carbocycles. The number of hydrogen-bond donors (Lipinski definition) is 1. The minimum Gasteiger partial charge on any atom is -0.478 e. The van der Waals surface area contributed by atoms with E-state index in [0.29, 0.717) is 0 Å². The highest BCUT2D eigenvalue weighted by atomic mass is 16.4. The van der Waals surface area contributed by atoms with E-state index in [1.165, 1.54) is 30.4 Å². The number of hydrogen-bond acceptors (Lipinski definition) is 5. The Balaban J connectivity index is 3.38. The van der Waals surface area contributed by atoms with Gasteiger partial charge < -0.3 is 5.11 Å². The number of carboxylic acid groups (broad SMARTS) is 1. The maximum atomic E-state index is 10.7. The van der Waals surface area contributed by atoms with Gasteiger partial charge in [0, 0.05) is 0 Å². The average Bonchev–Trinajstić information content (AvgIpc) is 2.18. The van der Waals surface area contributed by atoms with E-state index in [1.54, 1.807) is 0 Å². The van der Waals surface area contributed by atoms with Gasteiger partial charge in [-0.2, -0.15) is 9.98 Å². The molecule has 1 aromatic carbocycles. The lowest BCUT2D eigenvalue weighted by Gasteiger charge is -1.98. The first-order valence-electron chi connectivity index (χ1n) is 3.72. The van der Waals surface area contributed by atoms with Crippen LogP contribution in [0.1, 0.15) is 10.4 Å². The average molecular weight is 204 g/mol. The molecule has 6 heteroatoms. The van der Waals surface area contributed by atoms with Gasteiger partial charge in [-0.1, -0.05) is 0 Å². The van der Waals surface area contributed by atoms with E-state index < -0.39 is 5.97 Å². The Morgan fingerprint density at radius 1 is 1.20 bits per heavy atom. The first-order chi connectivity index (χ1) is 7.19. The largest absolute Gasteiger partial charge is 0.478 e. The number of aliphatic imine (C=N–C) groups is 2. The van der Waals surface area contributed by atoms with Crippen molar-refractivity contribution in [1.82, 2.24) is 0 Å². The van der Waals surface area contributed by atoms with Gasteiger partial charge in [-0.15, -0.1) is 0 Å². The molecular formula is C9H4N2O4. The van der Waals surface area contributed by atoms with Crippen LogP contribution < -0.4 is 0 Å². The number of nitrogens with zero attached hydrogens (tertiary/aromatic N) is 2. The van der Waals surface area contributed by atoms with Crippen molar-refractivity contribution in [1.29, 1.82) is 0 Å². The molecule has 0 fully saturated rings. The molecule has 0 bridgehead atoms. The molecule has 0 amide bonds. The van der Waals surface area contributed by atoms with E-state index >= 15 is 0 Å². The molecule has 1 aromatic rings. The summed E-state index contributed by atoms with van der Waals surface area (Å²) in [4.78, 5) is 37.1. The highest BCUT2D eigenvalue weighted by Gasteiger charge is 2.09.